The van der Waals surface area contributed by atoms with Gasteiger partial charge in [-0.1, -0.05) is 0 Å². The average Bonchev–Trinajstić information content (AvgIpc) is 3.10. The summed E-state index contributed by atoms with van der Waals surface area (Å²) in [5.74, 6) is 0.194. The molecule has 0 aromatic carbocycles. The van der Waals surface area contributed by atoms with Gasteiger partial charge in [-0.15, -0.1) is 5.06 Å². The quantitative estimate of drug-likeness (QED) is 0.760. The van der Waals surface area contributed by atoms with Crippen molar-refractivity contribution in [3.8, 4) is 0 Å². The van der Waals surface area contributed by atoms with Gasteiger partial charge in [0.15, 0.2) is 5.65 Å². The summed E-state index contributed by atoms with van der Waals surface area (Å²) in [5, 5.41) is 14.9. The number of H-pyrrole nitrogens is 1. The zero-order valence-electron chi connectivity index (χ0n) is 14.0. The molecular weight excluding hydrogens is 320 g/mol. The molecule has 0 spiro atoms. The van der Waals surface area contributed by atoms with Crippen LogP contribution in [0.25, 0.3) is 21.8 Å². The molecule has 2 N–H and O–H groups in total. The van der Waals surface area contributed by atoms with Gasteiger partial charge in [0.05, 0.1) is 6.20 Å². The summed E-state index contributed by atoms with van der Waals surface area (Å²) in [6, 6.07) is 1.98. The first-order valence-electron chi connectivity index (χ1n) is 8.53. The van der Waals surface area contributed by atoms with E-state index in [1.165, 1.54) is 0 Å². The van der Waals surface area contributed by atoms with E-state index < -0.39 is 6.09 Å². The van der Waals surface area contributed by atoms with Crippen LogP contribution in [0.4, 0.5) is 4.79 Å². The summed E-state index contributed by atoms with van der Waals surface area (Å²) in [7, 11) is 0. The fourth-order valence-corrected chi connectivity index (χ4v) is 3.45. The van der Waals surface area contributed by atoms with Gasteiger partial charge in [-0.3, -0.25) is 5.10 Å². The van der Waals surface area contributed by atoms with E-state index in [9.17, 15) is 4.79 Å². The van der Waals surface area contributed by atoms with Crippen LogP contribution in [0.5, 0.6) is 0 Å². The number of hydrogen-bond donors (Lipinski definition) is 2. The summed E-state index contributed by atoms with van der Waals surface area (Å²) in [6.07, 6.45) is 6.90. The molecule has 4 rings (SSSR count). The molecule has 0 saturated carbocycles. The number of nitrogens with zero attached hydrogens (tertiary/aromatic N) is 4. The van der Waals surface area contributed by atoms with Crippen molar-refractivity contribution in [3.63, 3.8) is 0 Å². The van der Waals surface area contributed by atoms with Crippen molar-refractivity contribution < 1.29 is 9.63 Å². The number of carbonyl (C=O) groups is 1. The molecule has 1 atom stereocenters. The van der Waals surface area contributed by atoms with Gasteiger partial charge in [-0.05, 0) is 25.8 Å². The summed E-state index contributed by atoms with van der Waals surface area (Å²) < 4.78 is 0. The first-order valence-corrected chi connectivity index (χ1v) is 8.53. The van der Waals surface area contributed by atoms with Crippen molar-refractivity contribution in [2.24, 2.45) is 0 Å². The predicted molar refractivity (Wildman–Crippen MR) is 92.9 cm³/mol. The Morgan fingerprint density at radius 1 is 1.44 bits per heavy atom. The number of aromatic amines is 1. The van der Waals surface area contributed by atoms with Crippen molar-refractivity contribution >= 4 is 27.9 Å². The lowest BCUT2D eigenvalue weighted by molar-refractivity contribution is -0.115. The largest absolute Gasteiger partial charge is 0.426 e. The number of aromatic nitrogens is 4. The van der Waals surface area contributed by atoms with Gasteiger partial charge in [-0.2, -0.15) is 5.10 Å². The molecule has 0 aliphatic carbocycles. The highest BCUT2D eigenvalue weighted by atomic mass is 16.7. The molecule has 3 aromatic heterocycles. The van der Waals surface area contributed by atoms with E-state index in [-0.39, 0.29) is 5.92 Å². The van der Waals surface area contributed by atoms with Crippen LogP contribution in [-0.4, -0.2) is 51.0 Å². The summed E-state index contributed by atoms with van der Waals surface area (Å²) in [6.45, 7) is 3.78. The van der Waals surface area contributed by atoms with Crippen molar-refractivity contribution in [2.45, 2.75) is 25.7 Å². The lowest BCUT2D eigenvalue weighted by Crippen LogP contribution is -2.39. The van der Waals surface area contributed by atoms with Crippen LogP contribution < -0.4 is 5.32 Å². The highest BCUT2D eigenvalue weighted by Crippen LogP contribution is 2.33. The molecule has 3 aromatic rings. The molecule has 8 heteroatoms. The summed E-state index contributed by atoms with van der Waals surface area (Å²) >= 11 is 0. The van der Waals surface area contributed by atoms with E-state index in [0.29, 0.717) is 13.1 Å². The Labute approximate surface area is 144 Å². The maximum atomic E-state index is 11.7. The zero-order valence-corrected chi connectivity index (χ0v) is 14.0. The Balaban J connectivity index is 1.67. The maximum absolute atomic E-state index is 11.7. The zero-order chi connectivity index (χ0) is 17.2. The molecule has 1 aliphatic rings. The van der Waals surface area contributed by atoms with E-state index in [1.54, 1.807) is 23.7 Å². The van der Waals surface area contributed by atoms with Gasteiger partial charge < -0.3 is 10.2 Å². The van der Waals surface area contributed by atoms with Gasteiger partial charge in [0.2, 0.25) is 0 Å². The van der Waals surface area contributed by atoms with Crippen LogP contribution >= 0.6 is 0 Å². The van der Waals surface area contributed by atoms with Crippen molar-refractivity contribution in [2.75, 3.05) is 19.6 Å². The number of hydroxylamine groups is 2. The molecule has 1 saturated heterocycles. The summed E-state index contributed by atoms with van der Waals surface area (Å²) in [5.41, 5.74) is 1.78. The number of hydrogen-bond acceptors (Lipinski definition) is 6. The number of amides is 1. The van der Waals surface area contributed by atoms with Crippen LogP contribution in [0.2, 0.25) is 0 Å². The molecular formula is C17H20N6O2. The van der Waals surface area contributed by atoms with Crippen LogP contribution in [0.3, 0.4) is 0 Å². The van der Waals surface area contributed by atoms with Gasteiger partial charge in [0, 0.05) is 59.8 Å². The standard InChI is InChI=1S/C17H20N6O2/c1-2-18-17(24)25-23-7-3-4-11(10-23)15-14-12(9-21-22-15)8-20-16-13(14)5-6-19-16/h5-6,8-9,11,22H,2-4,7,10H2,1H3,(H,18,24). The van der Waals surface area contributed by atoms with Gasteiger partial charge >= 0.3 is 6.09 Å². The molecule has 8 nitrogen and oxygen atoms in total. The SMILES string of the molecule is CCNC(=O)ON1CCCC(c2[nH]ncc3cnc4nccc4c23)C1. The second-order valence-corrected chi connectivity index (χ2v) is 6.19. The van der Waals surface area contributed by atoms with Crippen LogP contribution in [0.1, 0.15) is 31.4 Å². The monoisotopic (exact) mass is 340 g/mol. The molecule has 1 aliphatic heterocycles. The minimum absolute atomic E-state index is 0.194. The Bertz CT molecular complexity index is 908. The van der Waals surface area contributed by atoms with Crippen LogP contribution in [0.15, 0.2) is 24.7 Å². The Morgan fingerprint density at radius 3 is 3.24 bits per heavy atom. The van der Waals surface area contributed by atoms with E-state index in [1.807, 2.05) is 13.0 Å². The minimum Gasteiger partial charge on any atom is -0.351 e. The molecule has 1 amide bonds. The van der Waals surface area contributed by atoms with Gasteiger partial charge in [0.1, 0.15) is 0 Å². The van der Waals surface area contributed by atoms with E-state index in [4.69, 9.17) is 4.84 Å². The second-order valence-electron chi connectivity index (χ2n) is 6.19. The molecule has 1 unspecified atom stereocenters. The van der Waals surface area contributed by atoms with Crippen molar-refractivity contribution in [1.82, 2.24) is 30.5 Å². The molecule has 0 radical (unpaired) electrons. The highest BCUT2D eigenvalue weighted by molar-refractivity contribution is 6.05. The van der Waals surface area contributed by atoms with Crippen LogP contribution in [0, 0.1) is 0 Å². The fourth-order valence-electron chi connectivity index (χ4n) is 3.45. The third-order valence-electron chi connectivity index (χ3n) is 4.55. The number of fused-ring (bicyclic) bond motifs is 3. The first kappa shape index (κ1) is 15.8. The van der Waals surface area contributed by atoms with Gasteiger partial charge in [-0.25, -0.2) is 14.8 Å². The van der Waals surface area contributed by atoms with Crippen LogP contribution in [-0.2, 0) is 4.84 Å². The van der Waals surface area contributed by atoms with Gasteiger partial charge in [0.25, 0.3) is 0 Å². The number of carbonyl (C=O) groups excluding carboxylic acids is 1. The molecule has 25 heavy (non-hydrogen) atoms. The Kier molecular flexibility index (Phi) is 4.19. The normalized spacial score (nSPS) is 18.5. The average molecular weight is 340 g/mol. The topological polar surface area (TPSA) is 96.0 Å². The number of piperidine rings is 1. The lowest BCUT2D eigenvalue weighted by Gasteiger charge is -2.31. The highest BCUT2D eigenvalue weighted by Gasteiger charge is 2.26. The predicted octanol–water partition coefficient (Wildman–Crippen LogP) is 2.35. The smallest absolute Gasteiger partial charge is 0.351 e. The molecule has 4 heterocycles. The third kappa shape index (κ3) is 3.00. The van der Waals surface area contributed by atoms with E-state index in [0.717, 1.165) is 46.9 Å². The number of rotatable bonds is 3. The lowest BCUT2D eigenvalue weighted by atomic mass is 9.92. The maximum Gasteiger partial charge on any atom is 0.426 e. The van der Waals surface area contributed by atoms with E-state index in [2.05, 4.69) is 25.5 Å². The fraction of sp³-hybridized carbons (Fsp3) is 0.412. The Morgan fingerprint density at radius 2 is 2.36 bits per heavy atom. The van der Waals surface area contributed by atoms with Crippen molar-refractivity contribution in [1.29, 1.82) is 0 Å². The number of pyridine rings is 1. The third-order valence-corrected chi connectivity index (χ3v) is 4.55. The second kappa shape index (κ2) is 6.64. The molecule has 1 fully saturated rings. The first-order chi connectivity index (χ1) is 12.3. The van der Waals surface area contributed by atoms with E-state index >= 15 is 0 Å². The van der Waals surface area contributed by atoms with Crippen molar-refractivity contribution in [3.05, 3.63) is 30.4 Å². The molecule has 0 bridgehead atoms. The summed E-state index contributed by atoms with van der Waals surface area (Å²) in [4.78, 5) is 25.8. The Hall–Kier alpha value is -2.74. The number of nitrogens with one attached hydrogen (secondary N) is 2. The molecule has 130 valence electrons. The minimum atomic E-state index is -0.407.